The smallest absolute Gasteiger partial charge is 0.341 e. The molecule has 30 heavy (non-hydrogen) atoms. The number of hydrogen-bond acceptors (Lipinski definition) is 5. The zero-order chi connectivity index (χ0) is 21.7. The van der Waals surface area contributed by atoms with Crippen molar-refractivity contribution in [3.8, 4) is 0 Å². The SMILES string of the molecule is CCOC(=O)c1c(NC(=O)c2ccc(Cl)cc2)sc(C(=O)NC2CCCCC2)c1C. The molecule has 1 aliphatic carbocycles. The van der Waals surface area contributed by atoms with Gasteiger partial charge in [0.1, 0.15) is 5.00 Å². The molecule has 1 aromatic carbocycles. The van der Waals surface area contributed by atoms with Crippen molar-refractivity contribution in [2.75, 3.05) is 11.9 Å². The summed E-state index contributed by atoms with van der Waals surface area (Å²) in [6.07, 6.45) is 5.32. The molecule has 0 bridgehead atoms. The monoisotopic (exact) mass is 448 g/mol. The lowest BCUT2D eigenvalue weighted by atomic mass is 9.95. The second kappa shape index (κ2) is 10.1. The maximum atomic E-state index is 12.9. The number of halogens is 1. The lowest BCUT2D eigenvalue weighted by Crippen LogP contribution is -2.36. The minimum atomic E-state index is -0.561. The van der Waals surface area contributed by atoms with Crippen LogP contribution in [0, 0.1) is 6.92 Å². The van der Waals surface area contributed by atoms with E-state index in [0.29, 0.717) is 26.0 Å². The van der Waals surface area contributed by atoms with Gasteiger partial charge in [-0.3, -0.25) is 9.59 Å². The Morgan fingerprint density at radius 2 is 1.77 bits per heavy atom. The number of benzene rings is 1. The van der Waals surface area contributed by atoms with E-state index < -0.39 is 11.9 Å². The second-order valence-corrected chi connectivity index (χ2v) is 8.71. The van der Waals surface area contributed by atoms with E-state index in [1.165, 1.54) is 6.42 Å². The molecule has 1 heterocycles. The molecule has 6 nitrogen and oxygen atoms in total. The van der Waals surface area contributed by atoms with Gasteiger partial charge in [-0.2, -0.15) is 0 Å². The third-order valence-corrected chi connectivity index (χ3v) is 6.56. The Kier molecular flexibility index (Phi) is 7.50. The molecule has 3 rings (SSSR count). The van der Waals surface area contributed by atoms with E-state index in [0.717, 1.165) is 37.0 Å². The number of thiophene rings is 1. The number of esters is 1. The van der Waals surface area contributed by atoms with Crippen molar-refractivity contribution in [3.05, 3.63) is 50.9 Å². The fourth-order valence-electron chi connectivity index (χ4n) is 3.54. The largest absolute Gasteiger partial charge is 0.462 e. The van der Waals surface area contributed by atoms with Crippen LogP contribution in [0.4, 0.5) is 5.00 Å². The van der Waals surface area contributed by atoms with Crippen molar-refractivity contribution in [3.63, 3.8) is 0 Å². The fraction of sp³-hybridized carbons (Fsp3) is 0.409. The van der Waals surface area contributed by atoms with Gasteiger partial charge in [-0.25, -0.2) is 4.79 Å². The number of amides is 2. The predicted octanol–water partition coefficient (Wildman–Crippen LogP) is 5.20. The molecule has 2 aromatic rings. The van der Waals surface area contributed by atoms with Crippen LogP contribution in [0.3, 0.4) is 0 Å². The molecular weight excluding hydrogens is 424 g/mol. The molecule has 1 fully saturated rings. The zero-order valence-corrected chi connectivity index (χ0v) is 18.6. The Bertz CT molecular complexity index is 933. The molecule has 2 N–H and O–H groups in total. The highest BCUT2D eigenvalue weighted by Gasteiger charge is 2.28. The molecule has 0 saturated heterocycles. The summed E-state index contributed by atoms with van der Waals surface area (Å²) in [7, 11) is 0. The lowest BCUT2D eigenvalue weighted by molar-refractivity contribution is 0.0527. The van der Waals surface area contributed by atoms with Gasteiger partial charge in [-0.15, -0.1) is 11.3 Å². The molecule has 1 aromatic heterocycles. The van der Waals surface area contributed by atoms with Gasteiger partial charge < -0.3 is 15.4 Å². The molecule has 0 aliphatic heterocycles. The summed E-state index contributed by atoms with van der Waals surface area (Å²) in [5, 5.41) is 6.66. The first-order valence-electron chi connectivity index (χ1n) is 10.1. The van der Waals surface area contributed by atoms with Crippen LogP contribution < -0.4 is 10.6 Å². The van der Waals surface area contributed by atoms with Gasteiger partial charge in [0, 0.05) is 16.6 Å². The molecule has 0 unspecified atom stereocenters. The molecule has 0 atom stereocenters. The van der Waals surface area contributed by atoms with Crippen LogP contribution in [0.1, 0.15) is 75.0 Å². The van der Waals surface area contributed by atoms with Crippen LogP contribution in [0.5, 0.6) is 0 Å². The molecule has 0 radical (unpaired) electrons. The van der Waals surface area contributed by atoms with Crippen molar-refractivity contribution in [2.24, 2.45) is 0 Å². The zero-order valence-electron chi connectivity index (χ0n) is 17.0. The number of carbonyl (C=O) groups is 3. The fourth-order valence-corrected chi connectivity index (χ4v) is 4.76. The average molecular weight is 449 g/mol. The third kappa shape index (κ3) is 5.21. The van der Waals surface area contributed by atoms with Crippen molar-refractivity contribution >= 4 is 45.7 Å². The average Bonchev–Trinajstić information content (AvgIpc) is 3.05. The van der Waals surface area contributed by atoms with Crippen LogP contribution >= 0.6 is 22.9 Å². The molecule has 0 spiro atoms. The van der Waals surface area contributed by atoms with Crippen LogP contribution in [0.25, 0.3) is 0 Å². The Hall–Kier alpha value is -2.38. The molecule has 160 valence electrons. The van der Waals surface area contributed by atoms with Gasteiger partial charge in [0.25, 0.3) is 11.8 Å². The second-order valence-electron chi connectivity index (χ2n) is 7.25. The van der Waals surface area contributed by atoms with Gasteiger partial charge in [0.15, 0.2) is 0 Å². The number of rotatable bonds is 6. The van der Waals surface area contributed by atoms with E-state index in [1.807, 2.05) is 0 Å². The summed E-state index contributed by atoms with van der Waals surface area (Å²) >= 11 is 6.97. The van der Waals surface area contributed by atoms with Gasteiger partial charge in [-0.1, -0.05) is 30.9 Å². The van der Waals surface area contributed by atoms with Crippen LogP contribution in [-0.2, 0) is 4.74 Å². The minimum Gasteiger partial charge on any atom is -0.462 e. The number of anilines is 1. The highest BCUT2D eigenvalue weighted by atomic mass is 35.5. The van der Waals surface area contributed by atoms with Gasteiger partial charge >= 0.3 is 5.97 Å². The number of carbonyl (C=O) groups excluding carboxylic acids is 3. The first kappa shape index (κ1) is 22.3. The third-order valence-electron chi connectivity index (χ3n) is 5.11. The summed E-state index contributed by atoms with van der Waals surface area (Å²) in [4.78, 5) is 38.5. The Labute approximate surface area is 185 Å². The summed E-state index contributed by atoms with van der Waals surface area (Å²) in [6.45, 7) is 3.61. The number of ether oxygens (including phenoxy) is 1. The van der Waals surface area contributed by atoms with E-state index in [1.54, 1.807) is 38.1 Å². The van der Waals surface area contributed by atoms with Crippen LogP contribution in [-0.4, -0.2) is 30.4 Å². The molecule has 1 aliphatic rings. The van der Waals surface area contributed by atoms with Crippen molar-refractivity contribution in [1.29, 1.82) is 0 Å². The summed E-state index contributed by atoms with van der Waals surface area (Å²) < 4.78 is 5.16. The molecule has 1 saturated carbocycles. The standard InChI is InChI=1S/C22H25ClN2O4S/c1-3-29-22(28)17-13(2)18(20(27)24-16-7-5-4-6-8-16)30-21(17)25-19(26)14-9-11-15(23)12-10-14/h9-12,16H,3-8H2,1-2H3,(H,24,27)(H,25,26). The first-order chi connectivity index (χ1) is 14.4. The normalized spacial score (nSPS) is 14.2. The summed E-state index contributed by atoms with van der Waals surface area (Å²) in [6, 6.07) is 6.57. The number of nitrogens with one attached hydrogen (secondary N) is 2. The maximum Gasteiger partial charge on any atom is 0.341 e. The van der Waals surface area contributed by atoms with E-state index >= 15 is 0 Å². The quantitative estimate of drug-likeness (QED) is 0.594. The van der Waals surface area contributed by atoms with Crippen LogP contribution in [0.2, 0.25) is 5.02 Å². The van der Waals surface area contributed by atoms with Gasteiger partial charge in [0.2, 0.25) is 0 Å². The minimum absolute atomic E-state index is 0.144. The number of hydrogen-bond donors (Lipinski definition) is 2. The Morgan fingerprint density at radius 1 is 1.10 bits per heavy atom. The van der Waals surface area contributed by atoms with Gasteiger partial charge in [0.05, 0.1) is 17.0 Å². The highest BCUT2D eigenvalue weighted by Crippen LogP contribution is 2.34. The van der Waals surface area contributed by atoms with Crippen molar-refractivity contribution < 1.29 is 19.1 Å². The van der Waals surface area contributed by atoms with Gasteiger partial charge in [-0.05, 0) is 56.5 Å². The molecular formula is C22H25ClN2O4S. The van der Waals surface area contributed by atoms with E-state index in [2.05, 4.69) is 10.6 Å². The van der Waals surface area contributed by atoms with E-state index in [-0.39, 0.29) is 24.1 Å². The van der Waals surface area contributed by atoms with Crippen LogP contribution in [0.15, 0.2) is 24.3 Å². The highest BCUT2D eigenvalue weighted by molar-refractivity contribution is 7.18. The summed E-state index contributed by atoms with van der Waals surface area (Å²) in [5.41, 5.74) is 1.13. The van der Waals surface area contributed by atoms with E-state index in [9.17, 15) is 14.4 Å². The lowest BCUT2D eigenvalue weighted by Gasteiger charge is -2.22. The topological polar surface area (TPSA) is 84.5 Å². The van der Waals surface area contributed by atoms with Crippen molar-refractivity contribution in [2.45, 2.75) is 52.0 Å². The molecule has 8 heteroatoms. The predicted molar refractivity (Wildman–Crippen MR) is 119 cm³/mol. The summed E-state index contributed by atoms with van der Waals surface area (Å²) in [5.74, 6) is -1.17. The first-order valence-corrected chi connectivity index (χ1v) is 11.3. The Balaban J connectivity index is 1.87. The maximum absolute atomic E-state index is 12.9. The van der Waals surface area contributed by atoms with Crippen molar-refractivity contribution in [1.82, 2.24) is 5.32 Å². The molecule has 2 amide bonds. The Morgan fingerprint density at radius 3 is 2.40 bits per heavy atom. The van der Waals surface area contributed by atoms with E-state index in [4.69, 9.17) is 16.3 Å².